The number of aryl methyl sites for hydroxylation is 1. The van der Waals surface area contributed by atoms with Crippen LogP contribution in [0.5, 0.6) is 11.5 Å². The van der Waals surface area contributed by atoms with E-state index in [1.807, 2.05) is 55.5 Å². The number of aldehydes is 1. The Morgan fingerprint density at radius 1 is 1.05 bits per heavy atom. The van der Waals surface area contributed by atoms with Crippen LogP contribution in [-0.4, -0.2) is 6.29 Å². The van der Waals surface area contributed by atoms with Crippen LogP contribution in [0.25, 0.3) is 10.1 Å². The Morgan fingerprint density at radius 2 is 1.79 bits per heavy atom. The van der Waals surface area contributed by atoms with E-state index in [0.717, 1.165) is 22.1 Å². The maximum Gasteiger partial charge on any atom is 0.163 e. The van der Waals surface area contributed by atoms with Crippen molar-refractivity contribution in [3.8, 4) is 11.5 Å². The highest BCUT2D eigenvalue weighted by Crippen LogP contribution is 2.39. The van der Waals surface area contributed by atoms with E-state index in [1.165, 1.54) is 16.9 Å². The van der Waals surface area contributed by atoms with Gasteiger partial charge in [-0.25, -0.2) is 0 Å². The maximum atomic E-state index is 11.2. The van der Waals surface area contributed by atoms with Crippen molar-refractivity contribution in [2.45, 2.75) is 6.92 Å². The van der Waals surface area contributed by atoms with Crippen LogP contribution in [0.4, 0.5) is 0 Å². The molecule has 0 spiro atoms. The third-order valence-electron chi connectivity index (χ3n) is 2.92. The molecule has 0 N–H and O–H groups in total. The summed E-state index contributed by atoms with van der Waals surface area (Å²) in [7, 11) is 0. The Hall–Kier alpha value is -2.13. The fourth-order valence-corrected chi connectivity index (χ4v) is 2.89. The molecule has 3 heteroatoms. The van der Waals surface area contributed by atoms with Crippen molar-refractivity contribution in [3.05, 3.63) is 59.0 Å². The van der Waals surface area contributed by atoms with Gasteiger partial charge in [-0.15, -0.1) is 11.3 Å². The van der Waals surface area contributed by atoms with Gasteiger partial charge in [0, 0.05) is 10.1 Å². The smallest absolute Gasteiger partial charge is 0.163 e. The molecular weight excluding hydrogens is 256 g/mol. The van der Waals surface area contributed by atoms with E-state index in [-0.39, 0.29) is 0 Å². The van der Waals surface area contributed by atoms with E-state index < -0.39 is 0 Å². The van der Waals surface area contributed by atoms with Crippen LogP contribution in [-0.2, 0) is 0 Å². The molecule has 3 aromatic rings. The van der Waals surface area contributed by atoms with Crippen LogP contribution >= 0.6 is 11.3 Å². The summed E-state index contributed by atoms with van der Waals surface area (Å²) in [5, 5.41) is 0.982. The summed E-state index contributed by atoms with van der Waals surface area (Å²) in [6, 6.07) is 15.7. The van der Waals surface area contributed by atoms with Gasteiger partial charge in [0.15, 0.2) is 12.0 Å². The highest BCUT2D eigenvalue weighted by molar-refractivity contribution is 7.21. The van der Waals surface area contributed by atoms with Gasteiger partial charge in [0.1, 0.15) is 10.6 Å². The van der Waals surface area contributed by atoms with Crippen molar-refractivity contribution in [1.29, 1.82) is 0 Å². The van der Waals surface area contributed by atoms with E-state index in [1.54, 1.807) is 0 Å². The Morgan fingerprint density at radius 3 is 2.53 bits per heavy atom. The fourth-order valence-electron chi connectivity index (χ4n) is 1.95. The van der Waals surface area contributed by atoms with Crippen molar-refractivity contribution >= 4 is 27.7 Å². The average Bonchev–Trinajstić information content (AvgIpc) is 2.79. The lowest BCUT2D eigenvalue weighted by atomic mass is 10.2. The standard InChI is InChI=1S/C16H12O2S/c1-11-6-8-12(9-7-11)18-16-13-4-2-3-5-14(13)19-15(16)10-17/h2-10H,1H3. The second-order valence-electron chi connectivity index (χ2n) is 4.32. The minimum absolute atomic E-state index is 0.627. The second kappa shape index (κ2) is 4.86. The van der Waals surface area contributed by atoms with Crippen LogP contribution in [0.2, 0.25) is 0 Å². The Balaban J connectivity index is 2.08. The number of benzene rings is 2. The third kappa shape index (κ3) is 2.25. The molecule has 0 saturated heterocycles. The highest BCUT2D eigenvalue weighted by Gasteiger charge is 2.13. The predicted octanol–water partition coefficient (Wildman–Crippen LogP) is 4.81. The molecule has 0 bridgehead atoms. The van der Waals surface area contributed by atoms with Gasteiger partial charge in [-0.1, -0.05) is 29.8 Å². The van der Waals surface area contributed by atoms with E-state index in [0.29, 0.717) is 10.6 Å². The zero-order chi connectivity index (χ0) is 13.2. The molecule has 2 aromatic carbocycles. The summed E-state index contributed by atoms with van der Waals surface area (Å²) in [4.78, 5) is 11.8. The molecule has 2 nitrogen and oxygen atoms in total. The molecular formula is C16H12O2S. The van der Waals surface area contributed by atoms with Crippen molar-refractivity contribution in [3.63, 3.8) is 0 Å². The molecule has 0 aliphatic rings. The summed E-state index contributed by atoms with van der Waals surface area (Å²) in [5.41, 5.74) is 1.18. The second-order valence-corrected chi connectivity index (χ2v) is 5.41. The van der Waals surface area contributed by atoms with Crippen molar-refractivity contribution in [2.24, 2.45) is 0 Å². The number of hydrogen-bond donors (Lipinski definition) is 0. The van der Waals surface area contributed by atoms with E-state index in [9.17, 15) is 4.79 Å². The molecule has 0 aliphatic carbocycles. The van der Waals surface area contributed by atoms with Crippen LogP contribution in [0.1, 0.15) is 15.2 Å². The number of fused-ring (bicyclic) bond motifs is 1. The number of rotatable bonds is 3. The van der Waals surface area contributed by atoms with E-state index >= 15 is 0 Å². The summed E-state index contributed by atoms with van der Waals surface area (Å²) < 4.78 is 6.95. The normalized spacial score (nSPS) is 10.6. The summed E-state index contributed by atoms with van der Waals surface area (Å²) >= 11 is 1.45. The van der Waals surface area contributed by atoms with Gasteiger partial charge in [0.25, 0.3) is 0 Å². The number of carbonyl (C=O) groups excluding carboxylic acids is 1. The van der Waals surface area contributed by atoms with Gasteiger partial charge in [0.05, 0.1) is 0 Å². The zero-order valence-corrected chi connectivity index (χ0v) is 11.2. The van der Waals surface area contributed by atoms with Gasteiger partial charge in [-0.3, -0.25) is 4.79 Å². The third-order valence-corrected chi connectivity index (χ3v) is 4.00. The molecule has 0 aliphatic heterocycles. The first-order valence-corrected chi connectivity index (χ1v) is 6.81. The molecule has 0 atom stereocenters. The number of thiophene rings is 1. The number of ether oxygens (including phenoxy) is 1. The lowest BCUT2D eigenvalue weighted by Crippen LogP contribution is -1.86. The first-order chi connectivity index (χ1) is 9.28. The molecule has 3 rings (SSSR count). The molecule has 0 fully saturated rings. The summed E-state index contributed by atoms with van der Waals surface area (Å²) in [6.45, 7) is 2.03. The lowest BCUT2D eigenvalue weighted by Gasteiger charge is -2.05. The molecule has 0 radical (unpaired) electrons. The van der Waals surface area contributed by atoms with Gasteiger partial charge in [0.2, 0.25) is 0 Å². The summed E-state index contributed by atoms with van der Waals surface area (Å²) in [5.74, 6) is 1.40. The van der Waals surface area contributed by atoms with Gasteiger partial charge in [-0.2, -0.15) is 0 Å². The molecule has 1 aromatic heterocycles. The highest BCUT2D eigenvalue weighted by atomic mass is 32.1. The quantitative estimate of drug-likeness (QED) is 0.637. The lowest BCUT2D eigenvalue weighted by molar-refractivity contribution is 0.112. The largest absolute Gasteiger partial charge is 0.455 e. The Labute approximate surface area is 115 Å². The van der Waals surface area contributed by atoms with Crippen LogP contribution in [0, 0.1) is 6.92 Å². The Kier molecular flexibility index (Phi) is 3.05. The monoisotopic (exact) mass is 268 g/mol. The van der Waals surface area contributed by atoms with Gasteiger partial charge in [-0.05, 0) is 31.2 Å². The van der Waals surface area contributed by atoms with Crippen molar-refractivity contribution in [2.75, 3.05) is 0 Å². The zero-order valence-electron chi connectivity index (χ0n) is 10.4. The minimum atomic E-state index is 0.627. The maximum absolute atomic E-state index is 11.2. The fraction of sp³-hybridized carbons (Fsp3) is 0.0625. The molecule has 19 heavy (non-hydrogen) atoms. The van der Waals surface area contributed by atoms with Crippen molar-refractivity contribution < 1.29 is 9.53 Å². The van der Waals surface area contributed by atoms with Crippen molar-refractivity contribution in [1.82, 2.24) is 0 Å². The minimum Gasteiger partial charge on any atom is -0.455 e. The number of hydrogen-bond acceptors (Lipinski definition) is 3. The predicted molar refractivity (Wildman–Crippen MR) is 78.5 cm³/mol. The SMILES string of the molecule is Cc1ccc(Oc2c(C=O)sc3ccccc23)cc1. The molecule has 94 valence electrons. The number of carbonyl (C=O) groups is 1. The molecule has 0 amide bonds. The first kappa shape index (κ1) is 11.9. The molecule has 0 unspecified atom stereocenters. The van der Waals surface area contributed by atoms with E-state index in [4.69, 9.17) is 4.74 Å². The van der Waals surface area contributed by atoms with Gasteiger partial charge >= 0.3 is 0 Å². The topological polar surface area (TPSA) is 26.3 Å². The average molecular weight is 268 g/mol. The molecule has 1 heterocycles. The van der Waals surface area contributed by atoms with E-state index in [2.05, 4.69) is 0 Å². The van der Waals surface area contributed by atoms with Gasteiger partial charge < -0.3 is 4.74 Å². The van der Waals surface area contributed by atoms with Crippen LogP contribution in [0.15, 0.2) is 48.5 Å². The van der Waals surface area contributed by atoms with Crippen LogP contribution < -0.4 is 4.74 Å². The summed E-state index contributed by atoms with van der Waals surface area (Å²) in [6.07, 6.45) is 0.855. The Bertz CT molecular complexity index is 726. The molecule has 0 saturated carbocycles. The first-order valence-electron chi connectivity index (χ1n) is 5.99. The van der Waals surface area contributed by atoms with Crippen LogP contribution in [0.3, 0.4) is 0 Å².